The number of nitrogens with one attached hydrogen (secondary N) is 1. The normalized spacial score (nSPS) is 23.5. The van der Waals surface area contributed by atoms with Crippen LogP contribution in [0.25, 0.3) is 0 Å². The highest BCUT2D eigenvalue weighted by Crippen LogP contribution is 2.24. The fourth-order valence-electron chi connectivity index (χ4n) is 2.97. The lowest BCUT2D eigenvalue weighted by atomic mass is 9.88. The van der Waals surface area contributed by atoms with Gasteiger partial charge in [0.1, 0.15) is 0 Å². The zero-order valence-electron chi connectivity index (χ0n) is 12.7. The van der Waals surface area contributed by atoms with E-state index in [1.54, 1.807) is 0 Å². The van der Waals surface area contributed by atoms with Crippen molar-refractivity contribution in [1.29, 1.82) is 0 Å². The SMILES string of the molecule is CCC1(CC)CN(Cc2cncc(C)c2)C(C)CN1. The molecule has 0 aliphatic carbocycles. The molecule has 0 spiro atoms. The van der Waals surface area contributed by atoms with Gasteiger partial charge in [0.2, 0.25) is 0 Å². The number of hydrogen-bond donors (Lipinski definition) is 1. The molecule has 1 aliphatic heterocycles. The maximum absolute atomic E-state index is 4.31. The van der Waals surface area contributed by atoms with E-state index in [2.05, 4.69) is 49.0 Å². The van der Waals surface area contributed by atoms with Gasteiger partial charge < -0.3 is 5.32 Å². The summed E-state index contributed by atoms with van der Waals surface area (Å²) < 4.78 is 0. The number of aromatic nitrogens is 1. The first-order valence-electron chi connectivity index (χ1n) is 7.48. The standard InChI is InChI=1S/C16H27N3/c1-5-16(6-2)12-19(14(4)9-18-16)11-15-7-13(3)8-17-10-15/h7-8,10,14,18H,5-6,9,11-12H2,1-4H3. The minimum Gasteiger partial charge on any atom is -0.308 e. The van der Waals surface area contributed by atoms with Crippen molar-refractivity contribution in [3.8, 4) is 0 Å². The summed E-state index contributed by atoms with van der Waals surface area (Å²) in [4.78, 5) is 6.91. The third-order valence-electron chi connectivity index (χ3n) is 4.57. The molecule has 0 radical (unpaired) electrons. The number of pyridine rings is 1. The molecule has 2 heterocycles. The predicted octanol–water partition coefficient (Wildman–Crippen LogP) is 2.74. The Hall–Kier alpha value is -0.930. The smallest absolute Gasteiger partial charge is 0.0313 e. The van der Waals surface area contributed by atoms with Crippen LogP contribution in [0.2, 0.25) is 0 Å². The molecule has 0 saturated carbocycles. The third-order valence-corrected chi connectivity index (χ3v) is 4.57. The molecule has 1 fully saturated rings. The second-order valence-electron chi connectivity index (χ2n) is 5.99. The summed E-state index contributed by atoms with van der Waals surface area (Å²) in [5.41, 5.74) is 2.87. The highest BCUT2D eigenvalue weighted by molar-refractivity contribution is 5.17. The van der Waals surface area contributed by atoms with E-state index in [1.165, 1.54) is 24.0 Å². The third kappa shape index (κ3) is 3.34. The number of piperazine rings is 1. The molecule has 0 amide bonds. The first kappa shape index (κ1) is 14.5. The van der Waals surface area contributed by atoms with Gasteiger partial charge >= 0.3 is 0 Å². The van der Waals surface area contributed by atoms with Crippen LogP contribution in [-0.4, -0.2) is 34.6 Å². The summed E-state index contributed by atoms with van der Waals surface area (Å²) in [7, 11) is 0. The van der Waals surface area contributed by atoms with Crippen LogP contribution in [-0.2, 0) is 6.54 Å². The highest BCUT2D eigenvalue weighted by Gasteiger charge is 2.34. The van der Waals surface area contributed by atoms with Gasteiger partial charge in [0.05, 0.1) is 0 Å². The summed E-state index contributed by atoms with van der Waals surface area (Å²) in [5, 5.41) is 3.75. The summed E-state index contributed by atoms with van der Waals surface area (Å²) >= 11 is 0. The van der Waals surface area contributed by atoms with Crippen molar-refractivity contribution in [3.05, 3.63) is 29.6 Å². The van der Waals surface area contributed by atoms with Crippen LogP contribution in [0.5, 0.6) is 0 Å². The van der Waals surface area contributed by atoms with Gasteiger partial charge in [-0.25, -0.2) is 0 Å². The second kappa shape index (κ2) is 6.02. The molecule has 106 valence electrons. The molecule has 0 aromatic carbocycles. The Labute approximate surface area is 117 Å². The van der Waals surface area contributed by atoms with Crippen LogP contribution in [0.4, 0.5) is 0 Å². The van der Waals surface area contributed by atoms with Crippen molar-refractivity contribution >= 4 is 0 Å². The molecule has 19 heavy (non-hydrogen) atoms. The maximum atomic E-state index is 4.31. The van der Waals surface area contributed by atoms with E-state index in [0.29, 0.717) is 11.6 Å². The van der Waals surface area contributed by atoms with Crippen LogP contribution in [0.3, 0.4) is 0 Å². The van der Waals surface area contributed by atoms with Gasteiger partial charge in [-0.3, -0.25) is 9.88 Å². The molecule has 1 unspecified atom stereocenters. The lowest BCUT2D eigenvalue weighted by molar-refractivity contribution is 0.0745. The summed E-state index contributed by atoms with van der Waals surface area (Å²) in [5.74, 6) is 0. The van der Waals surface area contributed by atoms with Gasteiger partial charge in [0.15, 0.2) is 0 Å². The number of aryl methyl sites for hydroxylation is 1. The molecule has 1 atom stereocenters. The van der Waals surface area contributed by atoms with E-state index in [1.807, 2.05) is 12.4 Å². The van der Waals surface area contributed by atoms with E-state index in [-0.39, 0.29) is 0 Å². The van der Waals surface area contributed by atoms with Crippen molar-refractivity contribution in [2.75, 3.05) is 13.1 Å². The van der Waals surface area contributed by atoms with Crippen LogP contribution < -0.4 is 5.32 Å². The largest absolute Gasteiger partial charge is 0.308 e. The van der Waals surface area contributed by atoms with Crippen LogP contribution >= 0.6 is 0 Å². The molecule has 3 nitrogen and oxygen atoms in total. The Kier molecular flexibility index (Phi) is 4.58. The number of rotatable bonds is 4. The number of hydrogen-bond acceptors (Lipinski definition) is 3. The zero-order chi connectivity index (χ0) is 13.9. The van der Waals surface area contributed by atoms with Crippen LogP contribution in [0.1, 0.15) is 44.7 Å². The quantitative estimate of drug-likeness (QED) is 0.903. The fourth-order valence-corrected chi connectivity index (χ4v) is 2.97. The Bertz CT molecular complexity index is 412. The Morgan fingerprint density at radius 2 is 2.11 bits per heavy atom. The van der Waals surface area contributed by atoms with E-state index >= 15 is 0 Å². The first-order valence-corrected chi connectivity index (χ1v) is 7.48. The van der Waals surface area contributed by atoms with Gasteiger partial charge in [-0.05, 0) is 37.8 Å². The molecule has 1 N–H and O–H groups in total. The van der Waals surface area contributed by atoms with Crippen molar-refractivity contribution in [1.82, 2.24) is 15.2 Å². The van der Waals surface area contributed by atoms with E-state index < -0.39 is 0 Å². The molecule has 2 rings (SSSR count). The fraction of sp³-hybridized carbons (Fsp3) is 0.688. The van der Waals surface area contributed by atoms with Gasteiger partial charge in [0.25, 0.3) is 0 Å². The maximum Gasteiger partial charge on any atom is 0.0313 e. The average molecular weight is 261 g/mol. The summed E-state index contributed by atoms with van der Waals surface area (Å²) in [6.45, 7) is 12.2. The summed E-state index contributed by atoms with van der Waals surface area (Å²) in [6, 6.07) is 2.84. The Morgan fingerprint density at radius 1 is 1.37 bits per heavy atom. The molecule has 1 aromatic heterocycles. The molecular formula is C16H27N3. The minimum atomic E-state index is 0.295. The van der Waals surface area contributed by atoms with Gasteiger partial charge in [-0.1, -0.05) is 19.9 Å². The molecule has 3 heteroatoms. The van der Waals surface area contributed by atoms with Crippen LogP contribution in [0, 0.1) is 6.92 Å². The van der Waals surface area contributed by atoms with Crippen molar-refractivity contribution in [3.63, 3.8) is 0 Å². The first-order chi connectivity index (χ1) is 9.08. The lowest BCUT2D eigenvalue weighted by Crippen LogP contribution is -2.62. The second-order valence-corrected chi connectivity index (χ2v) is 5.99. The molecule has 1 aliphatic rings. The van der Waals surface area contributed by atoms with Crippen molar-refractivity contribution in [2.24, 2.45) is 0 Å². The van der Waals surface area contributed by atoms with Crippen molar-refractivity contribution in [2.45, 2.75) is 58.7 Å². The predicted molar refractivity (Wildman–Crippen MR) is 80.2 cm³/mol. The zero-order valence-corrected chi connectivity index (χ0v) is 12.7. The van der Waals surface area contributed by atoms with E-state index in [0.717, 1.165) is 19.6 Å². The van der Waals surface area contributed by atoms with Gasteiger partial charge in [-0.2, -0.15) is 0 Å². The van der Waals surface area contributed by atoms with E-state index in [9.17, 15) is 0 Å². The number of nitrogens with zero attached hydrogens (tertiary/aromatic N) is 2. The molecule has 1 saturated heterocycles. The monoisotopic (exact) mass is 261 g/mol. The average Bonchev–Trinajstić information content (AvgIpc) is 2.42. The lowest BCUT2D eigenvalue weighted by Gasteiger charge is -2.46. The van der Waals surface area contributed by atoms with Gasteiger partial charge in [-0.15, -0.1) is 0 Å². The molecular weight excluding hydrogens is 234 g/mol. The molecule has 0 bridgehead atoms. The van der Waals surface area contributed by atoms with Crippen LogP contribution in [0.15, 0.2) is 18.5 Å². The Morgan fingerprint density at radius 3 is 2.74 bits per heavy atom. The minimum absolute atomic E-state index is 0.295. The highest BCUT2D eigenvalue weighted by atomic mass is 15.2. The molecule has 1 aromatic rings. The Balaban J connectivity index is 2.09. The van der Waals surface area contributed by atoms with Crippen molar-refractivity contribution < 1.29 is 0 Å². The van der Waals surface area contributed by atoms with Gasteiger partial charge in [0, 0.05) is 43.6 Å². The summed E-state index contributed by atoms with van der Waals surface area (Å²) in [6.07, 6.45) is 6.31. The topological polar surface area (TPSA) is 28.2 Å². The van der Waals surface area contributed by atoms with E-state index in [4.69, 9.17) is 0 Å².